The van der Waals surface area contributed by atoms with Crippen molar-refractivity contribution in [1.29, 1.82) is 0 Å². The van der Waals surface area contributed by atoms with Crippen LogP contribution in [0.2, 0.25) is 0 Å². The van der Waals surface area contributed by atoms with Gasteiger partial charge in [-0.3, -0.25) is 0 Å². The van der Waals surface area contributed by atoms with Crippen LogP contribution in [0.1, 0.15) is 47.0 Å². The molecule has 4 nitrogen and oxygen atoms in total. The van der Waals surface area contributed by atoms with Crippen LogP contribution in [0.5, 0.6) is 0 Å². The number of aliphatic hydroxyl groups is 1. The number of nitrogens with one attached hydrogen (secondary N) is 1. The summed E-state index contributed by atoms with van der Waals surface area (Å²) in [4.78, 5) is 11.6. The van der Waals surface area contributed by atoms with Crippen molar-refractivity contribution in [3.8, 4) is 0 Å². The third-order valence-electron chi connectivity index (χ3n) is 3.00. The molecule has 0 aromatic carbocycles. The van der Waals surface area contributed by atoms with Crippen LogP contribution in [0, 0.1) is 0 Å². The van der Waals surface area contributed by atoms with Gasteiger partial charge in [-0.2, -0.15) is 0 Å². The van der Waals surface area contributed by atoms with Crippen LogP contribution in [0.15, 0.2) is 0 Å². The Morgan fingerprint density at radius 2 is 1.94 bits per heavy atom. The molecule has 2 N–H and O–H groups in total. The molecule has 0 bridgehead atoms. The number of hydrogen-bond donors (Lipinski definition) is 2. The number of halogens is 2. The molecule has 1 fully saturated rings. The van der Waals surface area contributed by atoms with Gasteiger partial charge in [0.05, 0.1) is 5.54 Å². The molecule has 0 heterocycles. The van der Waals surface area contributed by atoms with Gasteiger partial charge in [-0.1, -0.05) is 0 Å². The highest BCUT2D eigenvalue weighted by Gasteiger charge is 2.53. The van der Waals surface area contributed by atoms with E-state index in [1.807, 2.05) is 0 Å². The quantitative estimate of drug-likeness (QED) is 0.765. The summed E-state index contributed by atoms with van der Waals surface area (Å²) in [7, 11) is 0. The van der Waals surface area contributed by atoms with E-state index >= 15 is 0 Å². The normalized spacial score (nSPS) is 31.8. The number of hydrogen-bond acceptors (Lipinski definition) is 3. The lowest BCUT2D eigenvalue weighted by molar-refractivity contribution is -0.165. The van der Waals surface area contributed by atoms with Gasteiger partial charge in [0.25, 0.3) is 5.92 Å². The molecule has 0 aromatic heterocycles. The second-order valence-electron chi connectivity index (χ2n) is 6.06. The number of ether oxygens (including phenoxy) is 1. The van der Waals surface area contributed by atoms with Crippen molar-refractivity contribution in [1.82, 2.24) is 5.32 Å². The molecule has 106 valence electrons. The highest BCUT2D eigenvalue weighted by atomic mass is 19.3. The van der Waals surface area contributed by atoms with Crippen molar-refractivity contribution < 1.29 is 23.4 Å². The van der Waals surface area contributed by atoms with Crippen LogP contribution in [0.25, 0.3) is 0 Å². The first-order valence-corrected chi connectivity index (χ1v) is 6.03. The summed E-state index contributed by atoms with van der Waals surface area (Å²) in [5.74, 6) is -3.18. The molecular formula is C12H21F2NO3. The predicted molar refractivity (Wildman–Crippen MR) is 62.6 cm³/mol. The average molecular weight is 265 g/mol. The lowest BCUT2D eigenvalue weighted by atomic mass is 9.78. The van der Waals surface area contributed by atoms with Crippen LogP contribution in [-0.4, -0.2) is 34.4 Å². The van der Waals surface area contributed by atoms with Gasteiger partial charge in [-0.15, -0.1) is 0 Å². The molecule has 1 aliphatic rings. The highest BCUT2D eigenvalue weighted by Crippen LogP contribution is 2.39. The Balaban J connectivity index is 2.72. The Hall–Kier alpha value is -0.910. The van der Waals surface area contributed by atoms with Crippen molar-refractivity contribution in [2.45, 2.75) is 70.1 Å². The van der Waals surface area contributed by atoms with E-state index in [1.165, 1.54) is 6.92 Å². The average Bonchev–Trinajstić information content (AvgIpc) is 2.10. The van der Waals surface area contributed by atoms with Crippen LogP contribution in [0.4, 0.5) is 13.6 Å². The Morgan fingerprint density at radius 3 is 2.44 bits per heavy atom. The molecule has 0 saturated heterocycles. The molecule has 0 radical (unpaired) electrons. The van der Waals surface area contributed by atoms with Crippen molar-refractivity contribution in [3.05, 3.63) is 0 Å². The van der Waals surface area contributed by atoms with E-state index in [9.17, 15) is 18.7 Å². The molecule has 0 aromatic rings. The van der Waals surface area contributed by atoms with E-state index in [1.54, 1.807) is 20.8 Å². The van der Waals surface area contributed by atoms with E-state index < -0.39 is 29.3 Å². The summed E-state index contributed by atoms with van der Waals surface area (Å²) in [6, 6.07) is 0. The SMILES string of the molecule is CC(C)(C)OC(=O)N[C@@]1(C)CCCC(F)(F)[C@@H]1O. The van der Waals surface area contributed by atoms with E-state index in [0.29, 0.717) is 6.42 Å². The number of aliphatic hydroxyl groups excluding tert-OH is 1. The zero-order chi connectivity index (χ0) is 14.2. The molecule has 6 heteroatoms. The third-order valence-corrected chi connectivity index (χ3v) is 3.00. The second-order valence-corrected chi connectivity index (χ2v) is 6.06. The van der Waals surface area contributed by atoms with Crippen LogP contribution < -0.4 is 5.32 Å². The van der Waals surface area contributed by atoms with Crippen molar-refractivity contribution in [2.24, 2.45) is 0 Å². The molecule has 18 heavy (non-hydrogen) atoms. The highest BCUT2D eigenvalue weighted by molar-refractivity contribution is 5.69. The summed E-state index contributed by atoms with van der Waals surface area (Å²) < 4.78 is 31.9. The minimum absolute atomic E-state index is 0.246. The largest absolute Gasteiger partial charge is 0.444 e. The minimum Gasteiger partial charge on any atom is -0.444 e. The fourth-order valence-corrected chi connectivity index (χ4v) is 2.10. The first kappa shape index (κ1) is 15.1. The number of alkyl carbamates (subject to hydrolysis) is 1. The lowest BCUT2D eigenvalue weighted by Gasteiger charge is -2.43. The monoisotopic (exact) mass is 265 g/mol. The smallest absolute Gasteiger partial charge is 0.408 e. The maximum Gasteiger partial charge on any atom is 0.408 e. The lowest BCUT2D eigenvalue weighted by Crippen LogP contribution is -2.63. The maximum atomic E-state index is 13.4. The summed E-state index contributed by atoms with van der Waals surface area (Å²) >= 11 is 0. The number of alkyl halides is 2. The predicted octanol–water partition coefficient (Wildman–Crippen LogP) is 2.45. The summed E-state index contributed by atoms with van der Waals surface area (Å²) in [6.07, 6.45) is -2.51. The fourth-order valence-electron chi connectivity index (χ4n) is 2.10. The van der Waals surface area contributed by atoms with Gasteiger partial charge in [0.2, 0.25) is 0 Å². The number of rotatable bonds is 1. The number of carbonyl (C=O) groups is 1. The third kappa shape index (κ3) is 3.54. The standard InChI is InChI=1S/C12H21F2NO3/c1-10(2,3)18-9(17)15-11(4)6-5-7-12(13,14)8(11)16/h8,16H,5-7H2,1-4H3,(H,15,17)/t8-,11+/m1/s1. The molecule has 1 rings (SSSR count). The maximum absolute atomic E-state index is 13.4. The van der Waals surface area contributed by atoms with Gasteiger partial charge in [-0.05, 0) is 40.5 Å². The first-order valence-electron chi connectivity index (χ1n) is 6.03. The van der Waals surface area contributed by atoms with E-state index in [-0.39, 0.29) is 12.8 Å². The zero-order valence-corrected chi connectivity index (χ0v) is 11.2. The minimum atomic E-state index is -3.18. The summed E-state index contributed by atoms with van der Waals surface area (Å²) in [6.45, 7) is 6.46. The van der Waals surface area contributed by atoms with Gasteiger partial charge < -0.3 is 15.2 Å². The van der Waals surface area contributed by atoms with Gasteiger partial charge in [0.15, 0.2) is 0 Å². The second kappa shape index (κ2) is 4.64. The van der Waals surface area contributed by atoms with Crippen LogP contribution >= 0.6 is 0 Å². The van der Waals surface area contributed by atoms with Gasteiger partial charge in [0.1, 0.15) is 11.7 Å². The molecular weight excluding hydrogens is 244 g/mol. The molecule has 1 saturated carbocycles. The Morgan fingerprint density at radius 1 is 1.39 bits per heavy atom. The topological polar surface area (TPSA) is 58.6 Å². The molecule has 0 aliphatic heterocycles. The molecule has 0 unspecified atom stereocenters. The van der Waals surface area contributed by atoms with Crippen molar-refractivity contribution >= 4 is 6.09 Å². The summed E-state index contributed by atoms with van der Waals surface area (Å²) in [5, 5.41) is 12.0. The Labute approximate surface area is 106 Å². The zero-order valence-electron chi connectivity index (χ0n) is 11.2. The van der Waals surface area contributed by atoms with Gasteiger partial charge >= 0.3 is 6.09 Å². The fraction of sp³-hybridized carbons (Fsp3) is 0.917. The number of amides is 1. The van der Waals surface area contributed by atoms with Crippen LogP contribution in [0.3, 0.4) is 0 Å². The van der Waals surface area contributed by atoms with E-state index in [2.05, 4.69) is 5.32 Å². The molecule has 1 amide bonds. The molecule has 1 aliphatic carbocycles. The van der Waals surface area contributed by atoms with Crippen molar-refractivity contribution in [2.75, 3.05) is 0 Å². The van der Waals surface area contributed by atoms with E-state index in [4.69, 9.17) is 4.74 Å². The van der Waals surface area contributed by atoms with Gasteiger partial charge in [0, 0.05) is 6.42 Å². The van der Waals surface area contributed by atoms with Crippen molar-refractivity contribution in [3.63, 3.8) is 0 Å². The Bertz CT molecular complexity index is 328. The van der Waals surface area contributed by atoms with Crippen LogP contribution in [-0.2, 0) is 4.74 Å². The first-order chi connectivity index (χ1) is 7.96. The number of carbonyl (C=O) groups excluding carboxylic acids is 1. The molecule has 2 atom stereocenters. The van der Waals surface area contributed by atoms with Gasteiger partial charge in [-0.25, -0.2) is 13.6 Å². The van der Waals surface area contributed by atoms with E-state index in [0.717, 1.165) is 0 Å². The molecule has 0 spiro atoms. The summed E-state index contributed by atoms with van der Waals surface area (Å²) in [5.41, 5.74) is -2.06. The Kier molecular flexibility index (Phi) is 3.91.